The predicted molar refractivity (Wildman–Crippen MR) is 64.6 cm³/mol. The molecule has 0 amide bonds. The highest BCUT2D eigenvalue weighted by Gasteiger charge is 2.14. The number of fused-ring (bicyclic) bond motifs is 1. The minimum Gasteiger partial charge on any atom is -0.472 e. The van der Waals surface area contributed by atoms with Crippen molar-refractivity contribution in [3.8, 4) is 0 Å². The summed E-state index contributed by atoms with van der Waals surface area (Å²) in [5, 5.41) is 11.0. The summed E-state index contributed by atoms with van der Waals surface area (Å²) in [5.74, 6) is -0.260. The topological polar surface area (TPSA) is 33.4 Å². The average Bonchev–Trinajstić information content (AvgIpc) is 2.96. The highest BCUT2D eigenvalue weighted by Crippen LogP contribution is 2.33. The monoisotopic (exact) mass is 248 g/mol. The summed E-state index contributed by atoms with van der Waals surface area (Å²) in [5.41, 5.74) is 0.706. The van der Waals surface area contributed by atoms with Crippen molar-refractivity contribution in [2.24, 2.45) is 0 Å². The second-order valence-electron chi connectivity index (χ2n) is 3.79. The third-order valence-electron chi connectivity index (χ3n) is 2.63. The fraction of sp³-hybridized carbons (Fsp3) is 0.0769. The summed E-state index contributed by atoms with van der Waals surface area (Å²) in [6.45, 7) is 0. The molecular formula is C13H9FO2S. The highest BCUT2D eigenvalue weighted by atomic mass is 32.1. The van der Waals surface area contributed by atoms with E-state index in [0.717, 1.165) is 15.0 Å². The SMILES string of the molecule is OC(c1ccoc1)c1cc2ccc(F)cc2s1. The van der Waals surface area contributed by atoms with E-state index < -0.39 is 6.10 Å². The van der Waals surface area contributed by atoms with Gasteiger partial charge < -0.3 is 9.52 Å². The molecule has 4 heteroatoms. The van der Waals surface area contributed by atoms with Gasteiger partial charge in [0.25, 0.3) is 0 Å². The van der Waals surface area contributed by atoms with Crippen LogP contribution in [0.15, 0.2) is 47.3 Å². The molecule has 0 fully saturated rings. The van der Waals surface area contributed by atoms with Gasteiger partial charge in [0, 0.05) is 15.1 Å². The predicted octanol–water partition coefficient (Wildman–Crippen LogP) is 3.72. The smallest absolute Gasteiger partial charge is 0.124 e. The second-order valence-corrected chi connectivity index (χ2v) is 4.91. The Morgan fingerprint density at radius 3 is 2.88 bits per heavy atom. The van der Waals surface area contributed by atoms with Crippen molar-refractivity contribution in [3.63, 3.8) is 0 Å². The standard InChI is InChI=1S/C13H9FO2S/c14-10-2-1-8-5-12(17-11(8)6-10)13(15)9-3-4-16-7-9/h1-7,13,15H. The lowest BCUT2D eigenvalue weighted by Gasteiger charge is -2.03. The molecule has 0 radical (unpaired) electrons. The van der Waals surface area contributed by atoms with E-state index in [2.05, 4.69) is 0 Å². The minimum atomic E-state index is -0.714. The number of benzene rings is 1. The first-order valence-electron chi connectivity index (χ1n) is 5.13. The van der Waals surface area contributed by atoms with E-state index in [-0.39, 0.29) is 5.82 Å². The number of aliphatic hydroxyl groups is 1. The van der Waals surface area contributed by atoms with Crippen LogP contribution < -0.4 is 0 Å². The molecule has 1 atom stereocenters. The van der Waals surface area contributed by atoms with Crippen LogP contribution in [-0.4, -0.2) is 5.11 Å². The zero-order valence-electron chi connectivity index (χ0n) is 8.76. The number of aliphatic hydroxyl groups excluding tert-OH is 1. The van der Waals surface area contributed by atoms with Crippen LogP contribution in [-0.2, 0) is 0 Å². The van der Waals surface area contributed by atoms with Gasteiger partial charge in [0.2, 0.25) is 0 Å². The van der Waals surface area contributed by atoms with Crippen molar-refractivity contribution in [2.75, 3.05) is 0 Å². The molecule has 0 saturated carbocycles. The summed E-state index contributed by atoms with van der Waals surface area (Å²) in [6.07, 6.45) is 2.32. The maximum Gasteiger partial charge on any atom is 0.124 e. The number of halogens is 1. The molecule has 0 saturated heterocycles. The lowest BCUT2D eigenvalue weighted by Crippen LogP contribution is -1.93. The molecule has 0 bridgehead atoms. The molecule has 0 spiro atoms. The van der Waals surface area contributed by atoms with Crippen LogP contribution in [0, 0.1) is 5.82 Å². The summed E-state index contributed by atoms with van der Waals surface area (Å²) in [4.78, 5) is 0.784. The molecule has 0 aliphatic rings. The molecule has 1 aromatic carbocycles. The van der Waals surface area contributed by atoms with Gasteiger partial charge in [-0.15, -0.1) is 11.3 Å². The summed E-state index contributed by atoms with van der Waals surface area (Å²) in [6, 6.07) is 8.20. The van der Waals surface area contributed by atoms with Crippen molar-refractivity contribution < 1.29 is 13.9 Å². The molecule has 3 aromatic rings. The maximum absolute atomic E-state index is 13.0. The van der Waals surface area contributed by atoms with Crippen LogP contribution in [0.1, 0.15) is 16.5 Å². The first-order chi connectivity index (χ1) is 8.24. The Labute approximate surface area is 101 Å². The summed E-state index contributed by atoms with van der Waals surface area (Å²) in [7, 11) is 0. The van der Waals surface area contributed by atoms with E-state index in [0.29, 0.717) is 5.56 Å². The van der Waals surface area contributed by atoms with Crippen molar-refractivity contribution >= 4 is 21.4 Å². The molecule has 2 heterocycles. The van der Waals surface area contributed by atoms with Crippen molar-refractivity contribution in [2.45, 2.75) is 6.10 Å². The number of hydrogen-bond acceptors (Lipinski definition) is 3. The van der Waals surface area contributed by atoms with Gasteiger partial charge >= 0.3 is 0 Å². The summed E-state index contributed by atoms with van der Waals surface area (Å²) >= 11 is 1.39. The first kappa shape index (κ1) is 10.5. The van der Waals surface area contributed by atoms with Gasteiger partial charge in [-0.2, -0.15) is 0 Å². The molecule has 0 aliphatic heterocycles. The highest BCUT2D eigenvalue weighted by molar-refractivity contribution is 7.19. The number of rotatable bonds is 2. The minimum absolute atomic E-state index is 0.260. The third-order valence-corrected chi connectivity index (χ3v) is 3.78. The van der Waals surface area contributed by atoms with Crippen LogP contribution in [0.25, 0.3) is 10.1 Å². The van der Waals surface area contributed by atoms with Crippen LogP contribution in [0.4, 0.5) is 4.39 Å². The van der Waals surface area contributed by atoms with Gasteiger partial charge in [0.1, 0.15) is 11.9 Å². The van der Waals surface area contributed by atoms with Crippen LogP contribution in [0.2, 0.25) is 0 Å². The average molecular weight is 248 g/mol. The van der Waals surface area contributed by atoms with Crippen molar-refractivity contribution in [3.05, 3.63) is 59.1 Å². The fourth-order valence-corrected chi connectivity index (χ4v) is 2.86. The summed E-state index contributed by atoms with van der Waals surface area (Å²) < 4.78 is 18.8. The zero-order chi connectivity index (χ0) is 11.8. The largest absolute Gasteiger partial charge is 0.472 e. The first-order valence-corrected chi connectivity index (χ1v) is 5.95. The Balaban J connectivity index is 2.06. The van der Waals surface area contributed by atoms with Gasteiger partial charge in [-0.25, -0.2) is 4.39 Å². The van der Waals surface area contributed by atoms with E-state index in [1.54, 1.807) is 12.1 Å². The molecule has 2 nitrogen and oxygen atoms in total. The van der Waals surface area contributed by atoms with Gasteiger partial charge in [-0.05, 0) is 29.7 Å². The van der Waals surface area contributed by atoms with Gasteiger partial charge in [-0.1, -0.05) is 6.07 Å². The Morgan fingerprint density at radius 2 is 2.12 bits per heavy atom. The van der Waals surface area contributed by atoms with Gasteiger partial charge in [0.15, 0.2) is 0 Å². The lowest BCUT2D eigenvalue weighted by atomic mass is 10.1. The van der Waals surface area contributed by atoms with E-state index in [4.69, 9.17) is 4.42 Å². The molecule has 0 aliphatic carbocycles. The van der Waals surface area contributed by atoms with E-state index in [1.807, 2.05) is 6.07 Å². The van der Waals surface area contributed by atoms with Crippen molar-refractivity contribution in [1.82, 2.24) is 0 Å². The third kappa shape index (κ3) is 1.85. The maximum atomic E-state index is 13.0. The van der Waals surface area contributed by atoms with Crippen LogP contribution >= 0.6 is 11.3 Å². The van der Waals surface area contributed by atoms with Crippen molar-refractivity contribution in [1.29, 1.82) is 0 Å². The molecule has 2 aromatic heterocycles. The Kier molecular flexibility index (Phi) is 2.46. The Bertz CT molecular complexity index is 643. The molecule has 1 unspecified atom stereocenters. The van der Waals surface area contributed by atoms with E-state index in [1.165, 1.54) is 36.0 Å². The van der Waals surface area contributed by atoms with Crippen LogP contribution in [0.3, 0.4) is 0 Å². The lowest BCUT2D eigenvalue weighted by molar-refractivity contribution is 0.223. The van der Waals surface area contributed by atoms with E-state index in [9.17, 15) is 9.50 Å². The van der Waals surface area contributed by atoms with Gasteiger partial charge in [0.05, 0.1) is 12.5 Å². The molecular weight excluding hydrogens is 239 g/mol. The molecule has 17 heavy (non-hydrogen) atoms. The number of hydrogen-bond donors (Lipinski definition) is 1. The fourth-order valence-electron chi connectivity index (χ4n) is 1.76. The number of thiophene rings is 1. The molecule has 86 valence electrons. The number of furan rings is 1. The zero-order valence-corrected chi connectivity index (χ0v) is 9.58. The Morgan fingerprint density at radius 1 is 1.24 bits per heavy atom. The second kappa shape index (κ2) is 3.98. The molecule has 3 rings (SSSR count). The normalized spacial score (nSPS) is 13.1. The Hall–Kier alpha value is -1.65. The van der Waals surface area contributed by atoms with Crippen LogP contribution in [0.5, 0.6) is 0 Å². The van der Waals surface area contributed by atoms with Gasteiger partial charge in [-0.3, -0.25) is 0 Å². The quantitative estimate of drug-likeness (QED) is 0.750. The van der Waals surface area contributed by atoms with E-state index >= 15 is 0 Å². The molecule has 1 N–H and O–H groups in total.